The van der Waals surface area contributed by atoms with Crippen LogP contribution in [-0.4, -0.2) is 13.1 Å². The summed E-state index contributed by atoms with van der Waals surface area (Å²) >= 11 is 0. The van der Waals surface area contributed by atoms with E-state index in [2.05, 4.69) is 11.4 Å². The van der Waals surface area contributed by atoms with Crippen molar-refractivity contribution in [1.82, 2.24) is 5.32 Å². The van der Waals surface area contributed by atoms with Crippen LogP contribution in [0.25, 0.3) is 0 Å². The van der Waals surface area contributed by atoms with Crippen LogP contribution in [0.4, 0.5) is 0 Å². The Morgan fingerprint density at radius 1 is 1.50 bits per heavy atom. The van der Waals surface area contributed by atoms with Crippen molar-refractivity contribution in [3.63, 3.8) is 0 Å². The van der Waals surface area contributed by atoms with Crippen molar-refractivity contribution in [2.75, 3.05) is 13.1 Å². The molecule has 64 valence electrons. The number of nitrogens with one attached hydrogen (secondary N) is 1. The first kappa shape index (κ1) is 6.72. The highest BCUT2D eigenvalue weighted by Crippen LogP contribution is 2.41. The van der Waals surface area contributed by atoms with Gasteiger partial charge in [-0.3, -0.25) is 0 Å². The van der Waals surface area contributed by atoms with Crippen LogP contribution >= 0.6 is 0 Å². The summed E-state index contributed by atoms with van der Waals surface area (Å²) in [5, 5.41) is 3.44. The van der Waals surface area contributed by atoms with Gasteiger partial charge in [-0.15, -0.1) is 0 Å². The summed E-state index contributed by atoms with van der Waals surface area (Å²) in [6.45, 7) is 2.35. The van der Waals surface area contributed by atoms with Crippen molar-refractivity contribution in [3.8, 4) is 0 Å². The third-order valence-electron chi connectivity index (χ3n) is 3.23. The van der Waals surface area contributed by atoms with E-state index in [-0.39, 0.29) is 0 Å². The van der Waals surface area contributed by atoms with Crippen molar-refractivity contribution in [2.45, 2.75) is 18.8 Å². The van der Waals surface area contributed by atoms with E-state index in [0.717, 1.165) is 18.3 Å². The molecule has 2 unspecified atom stereocenters. The maximum absolute atomic E-state index is 5.44. The third kappa shape index (κ3) is 0.787. The molecule has 12 heavy (non-hydrogen) atoms. The quantitative estimate of drug-likeness (QED) is 0.627. The molecule has 1 aromatic heterocycles. The summed E-state index contributed by atoms with van der Waals surface area (Å²) in [6, 6.07) is 2.16. The maximum Gasteiger partial charge on any atom is 0.107 e. The molecule has 1 N–H and O–H groups in total. The predicted molar refractivity (Wildman–Crippen MR) is 46.1 cm³/mol. The van der Waals surface area contributed by atoms with Gasteiger partial charge in [-0.25, -0.2) is 0 Å². The molecule has 2 heterocycles. The van der Waals surface area contributed by atoms with Crippen LogP contribution in [0.5, 0.6) is 0 Å². The minimum absolute atomic E-state index is 0.792. The fourth-order valence-corrected chi connectivity index (χ4v) is 2.63. The van der Waals surface area contributed by atoms with Crippen LogP contribution in [0, 0.1) is 5.92 Å². The molecule has 2 heteroatoms. The predicted octanol–water partition coefficient (Wildman–Crippen LogP) is 1.53. The van der Waals surface area contributed by atoms with Crippen LogP contribution in [-0.2, 0) is 6.42 Å². The molecule has 3 rings (SSSR count). The second kappa shape index (κ2) is 2.36. The Hall–Kier alpha value is -0.760. The molecular formula is C10H13NO. The number of furan rings is 1. The number of rotatable bonds is 0. The Kier molecular flexibility index (Phi) is 1.32. The van der Waals surface area contributed by atoms with E-state index in [1.165, 1.54) is 30.8 Å². The number of hydrogen-bond donors (Lipinski definition) is 1. The fraction of sp³-hybridized carbons (Fsp3) is 0.600. The summed E-state index contributed by atoms with van der Waals surface area (Å²) in [5.41, 5.74) is 1.49. The van der Waals surface area contributed by atoms with Gasteiger partial charge in [0.05, 0.1) is 6.26 Å². The van der Waals surface area contributed by atoms with Crippen LogP contribution in [0.2, 0.25) is 0 Å². The van der Waals surface area contributed by atoms with E-state index in [1.54, 1.807) is 0 Å². The topological polar surface area (TPSA) is 25.2 Å². The zero-order valence-electron chi connectivity index (χ0n) is 7.05. The average Bonchev–Trinajstić information content (AvgIpc) is 2.62. The van der Waals surface area contributed by atoms with Gasteiger partial charge in [0.1, 0.15) is 5.76 Å². The van der Waals surface area contributed by atoms with Gasteiger partial charge < -0.3 is 9.73 Å². The van der Waals surface area contributed by atoms with Crippen molar-refractivity contribution >= 4 is 0 Å². The Bertz CT molecular complexity index is 292. The monoisotopic (exact) mass is 163 g/mol. The lowest BCUT2D eigenvalue weighted by Gasteiger charge is -2.25. The highest BCUT2D eigenvalue weighted by molar-refractivity contribution is 5.29. The standard InChI is InChI=1S/C10H13NO/c1-3-11-6-7-5-10-9(8(1)7)2-4-12-10/h2,4,7-8,11H,1,3,5-6H2. The molecule has 1 aliphatic heterocycles. The largest absolute Gasteiger partial charge is 0.469 e. The lowest BCUT2D eigenvalue weighted by Crippen LogP contribution is -2.33. The lowest BCUT2D eigenvalue weighted by molar-refractivity contribution is 0.341. The van der Waals surface area contributed by atoms with Crippen LogP contribution in [0.1, 0.15) is 23.7 Å². The van der Waals surface area contributed by atoms with Crippen molar-refractivity contribution in [3.05, 3.63) is 23.7 Å². The van der Waals surface area contributed by atoms with E-state index in [1.807, 2.05) is 6.26 Å². The van der Waals surface area contributed by atoms with Gasteiger partial charge in [0.25, 0.3) is 0 Å². The molecule has 2 nitrogen and oxygen atoms in total. The van der Waals surface area contributed by atoms with Gasteiger partial charge in [-0.2, -0.15) is 0 Å². The zero-order valence-corrected chi connectivity index (χ0v) is 7.05. The summed E-state index contributed by atoms with van der Waals surface area (Å²) in [4.78, 5) is 0. The molecule has 1 aromatic rings. The molecule has 0 aromatic carbocycles. The number of hydrogen-bond acceptors (Lipinski definition) is 2. The molecule has 0 radical (unpaired) electrons. The summed E-state index contributed by atoms with van der Waals surface area (Å²) in [7, 11) is 0. The Morgan fingerprint density at radius 2 is 2.50 bits per heavy atom. The van der Waals surface area contributed by atoms with E-state index in [0.29, 0.717) is 0 Å². The second-order valence-electron chi connectivity index (χ2n) is 3.86. The Morgan fingerprint density at radius 3 is 3.50 bits per heavy atom. The number of piperidine rings is 1. The molecule has 1 fully saturated rings. The zero-order chi connectivity index (χ0) is 7.97. The van der Waals surface area contributed by atoms with E-state index < -0.39 is 0 Å². The highest BCUT2D eigenvalue weighted by Gasteiger charge is 2.35. The maximum atomic E-state index is 5.44. The van der Waals surface area contributed by atoms with E-state index in [9.17, 15) is 0 Å². The SMILES string of the molecule is c1cc2c(o1)CC1CNCCC21. The van der Waals surface area contributed by atoms with Crippen molar-refractivity contribution < 1.29 is 4.42 Å². The normalized spacial score (nSPS) is 33.0. The Labute approximate surface area is 72.0 Å². The van der Waals surface area contributed by atoms with Crippen LogP contribution in [0.3, 0.4) is 0 Å². The number of fused-ring (bicyclic) bond motifs is 3. The average molecular weight is 163 g/mol. The van der Waals surface area contributed by atoms with Crippen molar-refractivity contribution in [1.29, 1.82) is 0 Å². The van der Waals surface area contributed by atoms with Gasteiger partial charge in [0.15, 0.2) is 0 Å². The molecule has 0 saturated carbocycles. The van der Waals surface area contributed by atoms with Crippen molar-refractivity contribution in [2.24, 2.45) is 5.92 Å². The van der Waals surface area contributed by atoms with E-state index in [4.69, 9.17) is 4.42 Å². The first-order valence-corrected chi connectivity index (χ1v) is 4.72. The first-order valence-electron chi connectivity index (χ1n) is 4.72. The molecule has 1 aliphatic carbocycles. The van der Waals surface area contributed by atoms with Gasteiger partial charge in [0.2, 0.25) is 0 Å². The highest BCUT2D eigenvalue weighted by atomic mass is 16.3. The molecule has 0 bridgehead atoms. The van der Waals surface area contributed by atoms with Gasteiger partial charge in [-0.05, 0) is 43.0 Å². The minimum atomic E-state index is 0.792. The molecule has 2 atom stereocenters. The summed E-state index contributed by atoms with van der Waals surface area (Å²) < 4.78 is 5.44. The molecule has 0 amide bonds. The van der Waals surface area contributed by atoms with Gasteiger partial charge in [0, 0.05) is 6.42 Å². The fourth-order valence-electron chi connectivity index (χ4n) is 2.63. The lowest BCUT2D eigenvalue weighted by atomic mass is 9.87. The molecule has 1 saturated heterocycles. The molecule has 2 aliphatic rings. The smallest absolute Gasteiger partial charge is 0.107 e. The second-order valence-corrected chi connectivity index (χ2v) is 3.86. The van der Waals surface area contributed by atoms with Gasteiger partial charge >= 0.3 is 0 Å². The van der Waals surface area contributed by atoms with Crippen LogP contribution in [0.15, 0.2) is 16.7 Å². The van der Waals surface area contributed by atoms with Crippen LogP contribution < -0.4 is 5.32 Å². The Balaban J connectivity index is 1.98. The third-order valence-corrected chi connectivity index (χ3v) is 3.23. The summed E-state index contributed by atoms with van der Waals surface area (Å²) in [5.74, 6) is 2.85. The first-order chi connectivity index (χ1) is 5.95. The van der Waals surface area contributed by atoms with E-state index >= 15 is 0 Å². The van der Waals surface area contributed by atoms with Gasteiger partial charge in [-0.1, -0.05) is 0 Å². The minimum Gasteiger partial charge on any atom is -0.469 e. The molecule has 0 spiro atoms. The summed E-state index contributed by atoms with van der Waals surface area (Å²) in [6.07, 6.45) is 4.28. The molecular weight excluding hydrogens is 150 g/mol.